The van der Waals surface area contributed by atoms with Crippen LogP contribution in [-0.4, -0.2) is 21.8 Å². The average Bonchev–Trinajstić information content (AvgIpc) is 2.64. The second-order valence-electron chi connectivity index (χ2n) is 6.70. The van der Waals surface area contributed by atoms with Crippen LogP contribution in [0, 0.1) is 20.8 Å². The minimum absolute atomic E-state index is 0.0254. The van der Waals surface area contributed by atoms with E-state index in [2.05, 4.69) is 15.5 Å². The number of carbonyl (C=O) groups is 1. The first-order chi connectivity index (χ1) is 12.9. The average molecular weight is 361 g/mol. The van der Waals surface area contributed by atoms with E-state index in [-0.39, 0.29) is 6.42 Å². The van der Waals surface area contributed by atoms with Crippen LogP contribution in [0.3, 0.4) is 0 Å². The number of aliphatic carboxylic acids is 1. The lowest BCUT2D eigenvalue weighted by atomic mass is 10.0. The Bertz CT molecular complexity index is 1030. The Hall–Kier alpha value is -3.21. The first kappa shape index (κ1) is 18.6. The summed E-state index contributed by atoms with van der Waals surface area (Å²) in [7, 11) is 0. The summed E-state index contributed by atoms with van der Waals surface area (Å²) in [6.45, 7) is 6.12. The van der Waals surface area contributed by atoms with E-state index >= 15 is 0 Å². The number of carboxylic acids is 1. The molecule has 5 heteroatoms. The van der Waals surface area contributed by atoms with Gasteiger partial charge in [0, 0.05) is 11.8 Å². The highest BCUT2D eigenvalue weighted by molar-refractivity contribution is 6.02. The number of nitrogens with zero attached hydrogens (tertiary/aromatic N) is 2. The summed E-state index contributed by atoms with van der Waals surface area (Å²) in [6, 6.07) is 15.9. The Labute approximate surface area is 158 Å². The van der Waals surface area contributed by atoms with Gasteiger partial charge in [0.25, 0.3) is 0 Å². The SMILES string of the molecule is Cc1ccc(/C(CCC(=O)O)=N/Nc2cc(C)c3ccccc3n2)cc1C. The van der Waals surface area contributed by atoms with Crippen LogP contribution in [-0.2, 0) is 4.79 Å². The summed E-state index contributed by atoms with van der Waals surface area (Å²) in [5.41, 5.74) is 8.98. The summed E-state index contributed by atoms with van der Waals surface area (Å²) in [4.78, 5) is 15.6. The second-order valence-corrected chi connectivity index (χ2v) is 6.70. The molecule has 138 valence electrons. The molecule has 2 aromatic carbocycles. The van der Waals surface area contributed by atoms with Crippen LogP contribution in [0.5, 0.6) is 0 Å². The first-order valence-corrected chi connectivity index (χ1v) is 8.92. The van der Waals surface area contributed by atoms with Crippen molar-refractivity contribution in [1.29, 1.82) is 0 Å². The van der Waals surface area contributed by atoms with Gasteiger partial charge in [-0.25, -0.2) is 4.98 Å². The van der Waals surface area contributed by atoms with Crippen LogP contribution in [0.25, 0.3) is 10.9 Å². The molecule has 0 saturated heterocycles. The van der Waals surface area contributed by atoms with Crippen molar-refractivity contribution in [3.8, 4) is 0 Å². The van der Waals surface area contributed by atoms with Crippen molar-refractivity contribution in [3.05, 3.63) is 70.8 Å². The van der Waals surface area contributed by atoms with E-state index in [1.165, 1.54) is 5.56 Å². The van der Waals surface area contributed by atoms with Gasteiger partial charge >= 0.3 is 5.97 Å². The second kappa shape index (κ2) is 7.99. The number of fused-ring (bicyclic) bond motifs is 1. The van der Waals surface area contributed by atoms with Crippen molar-refractivity contribution < 1.29 is 9.90 Å². The molecule has 5 nitrogen and oxygen atoms in total. The molecule has 0 aliphatic rings. The van der Waals surface area contributed by atoms with Gasteiger partial charge < -0.3 is 5.11 Å². The van der Waals surface area contributed by atoms with E-state index in [4.69, 9.17) is 5.11 Å². The van der Waals surface area contributed by atoms with Crippen LogP contribution in [0.2, 0.25) is 0 Å². The number of para-hydroxylation sites is 1. The van der Waals surface area contributed by atoms with Crippen LogP contribution in [0.4, 0.5) is 5.82 Å². The predicted molar refractivity (Wildman–Crippen MR) is 109 cm³/mol. The van der Waals surface area contributed by atoms with Crippen LogP contribution in [0.1, 0.15) is 35.1 Å². The van der Waals surface area contributed by atoms with E-state index in [9.17, 15) is 4.79 Å². The number of hydrazone groups is 1. The van der Waals surface area contributed by atoms with Crippen LogP contribution < -0.4 is 5.43 Å². The summed E-state index contributed by atoms with van der Waals surface area (Å²) >= 11 is 0. The molecule has 2 N–H and O–H groups in total. The van der Waals surface area contributed by atoms with Gasteiger partial charge in [0.2, 0.25) is 0 Å². The van der Waals surface area contributed by atoms with E-state index in [1.807, 2.05) is 69.3 Å². The summed E-state index contributed by atoms with van der Waals surface area (Å²) in [5, 5.41) is 14.7. The largest absolute Gasteiger partial charge is 0.481 e. The lowest BCUT2D eigenvalue weighted by molar-refractivity contribution is -0.136. The molecule has 0 aliphatic heterocycles. The van der Waals surface area contributed by atoms with Crippen LogP contribution in [0.15, 0.2) is 53.6 Å². The molecule has 0 spiro atoms. The minimum Gasteiger partial charge on any atom is -0.481 e. The van der Waals surface area contributed by atoms with E-state index in [0.717, 1.165) is 27.6 Å². The molecule has 1 aromatic heterocycles. The highest BCUT2D eigenvalue weighted by atomic mass is 16.4. The summed E-state index contributed by atoms with van der Waals surface area (Å²) in [6.07, 6.45) is 0.370. The van der Waals surface area contributed by atoms with Crippen molar-refractivity contribution in [2.45, 2.75) is 33.6 Å². The minimum atomic E-state index is -0.841. The number of aromatic nitrogens is 1. The molecule has 0 bridgehead atoms. The van der Waals surface area contributed by atoms with Gasteiger partial charge in [-0.15, -0.1) is 0 Å². The molecular weight excluding hydrogens is 338 g/mol. The van der Waals surface area contributed by atoms with Gasteiger partial charge in [-0.1, -0.05) is 30.3 Å². The standard InChI is InChI=1S/C22H23N3O2/c1-14-8-9-17(12-15(14)2)19(10-11-22(26)27)24-25-21-13-16(3)18-6-4-5-7-20(18)23-21/h4-9,12-13H,10-11H2,1-3H3,(H,23,25)(H,26,27)/b24-19+. The lowest BCUT2D eigenvalue weighted by Gasteiger charge is -2.10. The molecule has 0 atom stereocenters. The highest BCUT2D eigenvalue weighted by Gasteiger charge is 2.09. The van der Waals surface area contributed by atoms with Crippen molar-refractivity contribution in [1.82, 2.24) is 4.98 Å². The summed E-state index contributed by atoms with van der Waals surface area (Å²) < 4.78 is 0. The molecule has 0 unspecified atom stereocenters. The first-order valence-electron chi connectivity index (χ1n) is 8.92. The van der Waals surface area contributed by atoms with Crippen molar-refractivity contribution >= 4 is 28.4 Å². The molecule has 27 heavy (non-hydrogen) atoms. The molecule has 3 rings (SSSR count). The number of anilines is 1. The smallest absolute Gasteiger partial charge is 0.303 e. The van der Waals surface area contributed by atoms with E-state index < -0.39 is 5.97 Å². The quantitative estimate of drug-likeness (QED) is 0.486. The predicted octanol–water partition coefficient (Wildman–Crippen LogP) is 4.84. The maximum absolute atomic E-state index is 11.0. The Morgan fingerprint density at radius 2 is 1.78 bits per heavy atom. The maximum atomic E-state index is 11.0. The normalized spacial score (nSPS) is 11.6. The van der Waals surface area contributed by atoms with Crippen molar-refractivity contribution in [2.75, 3.05) is 5.43 Å². The van der Waals surface area contributed by atoms with Gasteiger partial charge in [0.15, 0.2) is 0 Å². The van der Waals surface area contributed by atoms with Gasteiger partial charge in [-0.05, 0) is 61.2 Å². The zero-order valence-electron chi connectivity index (χ0n) is 15.8. The Balaban J connectivity index is 1.93. The van der Waals surface area contributed by atoms with Crippen molar-refractivity contribution in [3.63, 3.8) is 0 Å². The van der Waals surface area contributed by atoms with E-state index in [0.29, 0.717) is 18.0 Å². The maximum Gasteiger partial charge on any atom is 0.303 e. The fourth-order valence-electron chi connectivity index (χ4n) is 2.94. The fourth-order valence-corrected chi connectivity index (χ4v) is 2.94. The molecule has 3 aromatic rings. The van der Waals surface area contributed by atoms with Crippen LogP contribution >= 0.6 is 0 Å². The molecule has 0 aliphatic carbocycles. The molecule has 1 heterocycles. The number of nitrogens with one attached hydrogen (secondary N) is 1. The fraction of sp³-hybridized carbons (Fsp3) is 0.227. The van der Waals surface area contributed by atoms with Gasteiger partial charge in [-0.2, -0.15) is 5.10 Å². The van der Waals surface area contributed by atoms with E-state index in [1.54, 1.807) is 0 Å². The molecule has 0 radical (unpaired) electrons. The van der Waals surface area contributed by atoms with Crippen molar-refractivity contribution in [2.24, 2.45) is 5.10 Å². The zero-order chi connectivity index (χ0) is 19.4. The monoisotopic (exact) mass is 361 g/mol. The summed E-state index contributed by atoms with van der Waals surface area (Å²) in [5.74, 6) is -0.200. The molecule has 0 saturated carbocycles. The topological polar surface area (TPSA) is 74.6 Å². The third-order valence-electron chi connectivity index (χ3n) is 4.64. The third-order valence-corrected chi connectivity index (χ3v) is 4.64. The number of rotatable bonds is 6. The molecular formula is C22H23N3O2. The van der Waals surface area contributed by atoms with Gasteiger partial charge in [0.05, 0.1) is 17.6 Å². The highest BCUT2D eigenvalue weighted by Crippen LogP contribution is 2.20. The number of hydrogen-bond donors (Lipinski definition) is 2. The number of hydrogen-bond acceptors (Lipinski definition) is 4. The Kier molecular flexibility index (Phi) is 5.50. The Morgan fingerprint density at radius 1 is 1.00 bits per heavy atom. The number of carboxylic acid groups (broad SMARTS) is 1. The Morgan fingerprint density at radius 3 is 2.52 bits per heavy atom. The third kappa shape index (κ3) is 4.50. The van der Waals surface area contributed by atoms with Gasteiger partial charge in [-0.3, -0.25) is 10.2 Å². The van der Waals surface area contributed by atoms with Gasteiger partial charge in [0.1, 0.15) is 5.82 Å². The molecule has 0 fully saturated rings. The molecule has 0 amide bonds. The number of pyridine rings is 1. The number of aryl methyl sites for hydroxylation is 3. The number of benzene rings is 2. The lowest BCUT2D eigenvalue weighted by Crippen LogP contribution is -2.09. The zero-order valence-corrected chi connectivity index (χ0v) is 15.8.